The molecule has 0 fully saturated rings. The molecule has 2 N–H and O–H groups in total. The molecule has 90 valence electrons. The van der Waals surface area contributed by atoms with Crippen LogP contribution in [0.3, 0.4) is 0 Å². The molecule has 1 aromatic carbocycles. The number of benzene rings is 1. The van der Waals surface area contributed by atoms with Crippen molar-refractivity contribution in [2.75, 3.05) is 13.2 Å². The van der Waals surface area contributed by atoms with Crippen molar-refractivity contribution in [3.8, 4) is 5.75 Å². The minimum absolute atomic E-state index is 0.0223. The van der Waals surface area contributed by atoms with E-state index in [0.717, 1.165) is 12.1 Å². The van der Waals surface area contributed by atoms with E-state index in [4.69, 9.17) is 10.5 Å². The Bertz CT molecular complexity index is 340. The molecule has 0 saturated carbocycles. The summed E-state index contributed by atoms with van der Waals surface area (Å²) in [6.45, 7) is -0.573. The molecule has 0 aliphatic rings. The van der Waals surface area contributed by atoms with E-state index in [9.17, 15) is 17.6 Å². The summed E-state index contributed by atoms with van der Waals surface area (Å²) in [6, 6.07) is 4.28. The van der Waals surface area contributed by atoms with E-state index in [1.165, 1.54) is 12.1 Å². The molecule has 0 aliphatic heterocycles. The van der Waals surface area contributed by atoms with E-state index < -0.39 is 17.9 Å². The lowest BCUT2D eigenvalue weighted by atomic mass is 10.2. The highest BCUT2D eigenvalue weighted by Gasteiger charge is 2.30. The Morgan fingerprint density at radius 2 is 2.00 bits per heavy atom. The Morgan fingerprint density at radius 3 is 2.56 bits per heavy atom. The number of hydrogen-bond acceptors (Lipinski definition) is 2. The number of hydrogen-bond donors (Lipinski definition) is 1. The van der Waals surface area contributed by atoms with Crippen LogP contribution in [0.25, 0.3) is 0 Å². The molecule has 0 radical (unpaired) electrons. The zero-order valence-corrected chi connectivity index (χ0v) is 8.30. The number of nitrogens with two attached hydrogens (primary N) is 1. The normalized spacial score (nSPS) is 13.6. The highest BCUT2D eigenvalue weighted by atomic mass is 19.4. The number of halogens is 4. The van der Waals surface area contributed by atoms with Crippen LogP contribution in [0.5, 0.6) is 5.75 Å². The average molecular weight is 237 g/mol. The van der Waals surface area contributed by atoms with E-state index in [2.05, 4.69) is 0 Å². The van der Waals surface area contributed by atoms with Gasteiger partial charge in [-0.15, -0.1) is 0 Å². The van der Waals surface area contributed by atoms with Crippen molar-refractivity contribution in [2.24, 2.45) is 5.73 Å². The summed E-state index contributed by atoms with van der Waals surface area (Å²) in [7, 11) is 0. The van der Waals surface area contributed by atoms with E-state index >= 15 is 0 Å². The van der Waals surface area contributed by atoms with Gasteiger partial charge in [-0.1, -0.05) is 6.07 Å². The summed E-state index contributed by atoms with van der Waals surface area (Å²) in [5.74, 6) is -0.0223. The Morgan fingerprint density at radius 1 is 1.31 bits per heavy atom. The fourth-order valence-electron chi connectivity index (χ4n) is 1.02. The molecule has 0 aliphatic carbocycles. The van der Waals surface area contributed by atoms with Crippen LogP contribution in [-0.2, 0) is 6.18 Å². The Hall–Kier alpha value is -1.30. The molecular formula is C10H11F4NO. The Balaban J connectivity index is 2.68. The van der Waals surface area contributed by atoms with Crippen LogP contribution in [0.4, 0.5) is 17.6 Å². The molecule has 1 aromatic rings. The van der Waals surface area contributed by atoms with Crippen molar-refractivity contribution in [1.29, 1.82) is 0 Å². The first-order valence-corrected chi connectivity index (χ1v) is 4.57. The van der Waals surface area contributed by atoms with Crippen molar-refractivity contribution in [1.82, 2.24) is 0 Å². The molecule has 1 unspecified atom stereocenters. The quantitative estimate of drug-likeness (QED) is 0.816. The van der Waals surface area contributed by atoms with Gasteiger partial charge in [0.25, 0.3) is 0 Å². The molecule has 0 heterocycles. The second kappa shape index (κ2) is 5.16. The Labute approximate surface area is 90.0 Å². The summed E-state index contributed by atoms with van der Waals surface area (Å²) in [5, 5.41) is 0. The first kappa shape index (κ1) is 12.8. The first-order valence-electron chi connectivity index (χ1n) is 4.57. The third-order valence-electron chi connectivity index (χ3n) is 1.85. The zero-order chi connectivity index (χ0) is 12.2. The maximum absolute atomic E-state index is 12.7. The molecule has 1 atom stereocenters. The van der Waals surface area contributed by atoms with Crippen molar-refractivity contribution in [2.45, 2.75) is 12.3 Å². The van der Waals surface area contributed by atoms with Gasteiger partial charge in [0, 0.05) is 6.54 Å². The summed E-state index contributed by atoms with van der Waals surface area (Å²) >= 11 is 0. The van der Waals surface area contributed by atoms with Crippen LogP contribution in [-0.4, -0.2) is 19.3 Å². The van der Waals surface area contributed by atoms with Crippen LogP contribution in [0.1, 0.15) is 5.56 Å². The van der Waals surface area contributed by atoms with E-state index in [1.54, 1.807) is 0 Å². The molecule has 0 amide bonds. The van der Waals surface area contributed by atoms with Gasteiger partial charge in [-0.05, 0) is 18.2 Å². The van der Waals surface area contributed by atoms with Crippen LogP contribution < -0.4 is 10.5 Å². The van der Waals surface area contributed by atoms with Gasteiger partial charge in [-0.25, -0.2) is 4.39 Å². The lowest BCUT2D eigenvalue weighted by Crippen LogP contribution is -2.22. The van der Waals surface area contributed by atoms with Crippen LogP contribution in [0.2, 0.25) is 0 Å². The van der Waals surface area contributed by atoms with E-state index in [-0.39, 0.29) is 18.9 Å². The molecule has 0 bridgehead atoms. The summed E-state index contributed by atoms with van der Waals surface area (Å²) in [4.78, 5) is 0. The lowest BCUT2D eigenvalue weighted by Gasteiger charge is -2.11. The fourth-order valence-corrected chi connectivity index (χ4v) is 1.02. The predicted molar refractivity (Wildman–Crippen MR) is 50.9 cm³/mol. The third-order valence-corrected chi connectivity index (χ3v) is 1.85. The van der Waals surface area contributed by atoms with E-state index in [0.29, 0.717) is 0 Å². The molecule has 0 saturated heterocycles. The smallest absolute Gasteiger partial charge is 0.416 e. The van der Waals surface area contributed by atoms with Gasteiger partial charge in [-0.2, -0.15) is 13.2 Å². The maximum Gasteiger partial charge on any atom is 0.416 e. The second-order valence-electron chi connectivity index (χ2n) is 3.17. The molecule has 0 aromatic heterocycles. The topological polar surface area (TPSA) is 35.2 Å². The number of alkyl halides is 4. The van der Waals surface area contributed by atoms with Gasteiger partial charge in [0.15, 0.2) is 0 Å². The van der Waals surface area contributed by atoms with Crippen molar-refractivity contribution < 1.29 is 22.3 Å². The molecule has 16 heavy (non-hydrogen) atoms. The van der Waals surface area contributed by atoms with Crippen LogP contribution in [0, 0.1) is 0 Å². The minimum atomic E-state index is -4.43. The monoisotopic (exact) mass is 237 g/mol. The third kappa shape index (κ3) is 3.69. The van der Waals surface area contributed by atoms with Gasteiger partial charge in [0.05, 0.1) is 5.56 Å². The second-order valence-corrected chi connectivity index (χ2v) is 3.17. The molecule has 2 nitrogen and oxygen atoms in total. The zero-order valence-electron chi connectivity index (χ0n) is 8.30. The molecule has 0 spiro atoms. The van der Waals surface area contributed by atoms with Crippen molar-refractivity contribution in [3.05, 3.63) is 29.8 Å². The van der Waals surface area contributed by atoms with Crippen molar-refractivity contribution in [3.63, 3.8) is 0 Å². The summed E-state index contributed by atoms with van der Waals surface area (Å²) < 4.78 is 54.4. The highest BCUT2D eigenvalue weighted by molar-refractivity contribution is 5.30. The van der Waals surface area contributed by atoms with Gasteiger partial charge < -0.3 is 10.5 Å². The van der Waals surface area contributed by atoms with Gasteiger partial charge in [0.1, 0.15) is 18.5 Å². The first-order chi connectivity index (χ1) is 7.43. The standard InChI is InChI=1S/C10H11F4NO/c11-8(5-15)6-16-9-3-1-2-7(4-9)10(12,13)14/h1-4,8H,5-6,15H2. The van der Waals surface area contributed by atoms with Gasteiger partial charge >= 0.3 is 6.18 Å². The number of rotatable bonds is 4. The molecule has 6 heteroatoms. The Kier molecular flexibility index (Phi) is 4.12. The van der Waals surface area contributed by atoms with Crippen LogP contribution in [0.15, 0.2) is 24.3 Å². The van der Waals surface area contributed by atoms with Gasteiger partial charge in [0.2, 0.25) is 0 Å². The predicted octanol–water partition coefficient (Wildman–Crippen LogP) is 2.38. The van der Waals surface area contributed by atoms with Gasteiger partial charge in [-0.3, -0.25) is 0 Å². The molecule has 1 rings (SSSR count). The SMILES string of the molecule is NCC(F)COc1cccc(C(F)(F)F)c1. The number of ether oxygens (including phenoxy) is 1. The highest BCUT2D eigenvalue weighted by Crippen LogP contribution is 2.31. The molecular weight excluding hydrogens is 226 g/mol. The summed E-state index contributed by atoms with van der Waals surface area (Å²) in [5.41, 5.74) is 4.17. The fraction of sp³-hybridized carbons (Fsp3) is 0.400. The van der Waals surface area contributed by atoms with Crippen molar-refractivity contribution >= 4 is 0 Å². The summed E-state index contributed by atoms with van der Waals surface area (Å²) in [6.07, 6.45) is -5.81. The lowest BCUT2D eigenvalue weighted by molar-refractivity contribution is -0.137. The van der Waals surface area contributed by atoms with Crippen LogP contribution >= 0.6 is 0 Å². The average Bonchev–Trinajstić information content (AvgIpc) is 2.25. The largest absolute Gasteiger partial charge is 0.490 e. The maximum atomic E-state index is 12.7. The minimum Gasteiger partial charge on any atom is -0.490 e. The van der Waals surface area contributed by atoms with E-state index in [1.807, 2.05) is 0 Å².